The normalized spacial score (nSPS) is 19.3. The molecule has 1 aliphatic carbocycles. The highest BCUT2D eigenvalue weighted by molar-refractivity contribution is 6.39. The number of benzene rings is 2. The van der Waals surface area contributed by atoms with Crippen LogP contribution in [0.3, 0.4) is 0 Å². The lowest BCUT2D eigenvalue weighted by atomic mass is 9.71. The highest BCUT2D eigenvalue weighted by Gasteiger charge is 2.32. The lowest BCUT2D eigenvalue weighted by Crippen LogP contribution is -2.27. The van der Waals surface area contributed by atoms with E-state index in [2.05, 4.69) is 31.1 Å². The fourth-order valence-corrected chi connectivity index (χ4v) is 5.18. The predicted molar refractivity (Wildman–Crippen MR) is 128 cm³/mol. The van der Waals surface area contributed by atoms with E-state index < -0.39 is 11.7 Å². The zero-order chi connectivity index (χ0) is 23.2. The first-order valence-corrected chi connectivity index (χ1v) is 11.5. The molecule has 0 aliphatic heterocycles. The number of aromatic nitrogens is 2. The number of rotatable bonds is 4. The molecule has 170 valence electrons. The standard InChI is InChI=1S/C24H27Cl2FN4O/c1-24(2,3)13-7-9-14(10-8-13)31-20-12-18(27)15(22(28)32)11-19(20)29-23(31)30-21-16(25)5-4-6-17(21)26/h4-6,11-14H,7-10H2,1-3H3,(H2,28,32)(H,29,30). The van der Waals surface area contributed by atoms with Crippen molar-refractivity contribution in [2.24, 2.45) is 17.1 Å². The van der Waals surface area contributed by atoms with Crippen molar-refractivity contribution in [2.75, 3.05) is 5.32 Å². The smallest absolute Gasteiger partial charge is 0.251 e. The number of anilines is 2. The average Bonchev–Trinajstić information content (AvgIpc) is 3.06. The molecule has 5 nitrogen and oxygen atoms in total. The van der Waals surface area contributed by atoms with Gasteiger partial charge < -0.3 is 15.6 Å². The maximum atomic E-state index is 14.7. The summed E-state index contributed by atoms with van der Waals surface area (Å²) in [6, 6.07) is 8.12. The molecule has 1 aromatic heterocycles. The van der Waals surface area contributed by atoms with Crippen LogP contribution in [-0.4, -0.2) is 15.5 Å². The molecule has 0 saturated heterocycles. The lowest BCUT2D eigenvalue weighted by molar-refractivity contribution is 0.0996. The topological polar surface area (TPSA) is 72.9 Å². The first-order valence-electron chi connectivity index (χ1n) is 10.8. The van der Waals surface area contributed by atoms with Crippen molar-refractivity contribution >= 4 is 51.8 Å². The van der Waals surface area contributed by atoms with Crippen LogP contribution in [0.15, 0.2) is 30.3 Å². The van der Waals surface area contributed by atoms with E-state index in [4.69, 9.17) is 28.9 Å². The molecule has 1 heterocycles. The molecule has 1 aliphatic rings. The monoisotopic (exact) mass is 476 g/mol. The summed E-state index contributed by atoms with van der Waals surface area (Å²) in [4.78, 5) is 16.3. The van der Waals surface area contributed by atoms with Crippen molar-refractivity contribution in [1.82, 2.24) is 9.55 Å². The summed E-state index contributed by atoms with van der Waals surface area (Å²) >= 11 is 12.7. The van der Waals surface area contributed by atoms with E-state index in [0.29, 0.717) is 38.6 Å². The molecule has 3 N–H and O–H groups in total. The van der Waals surface area contributed by atoms with Crippen LogP contribution in [0, 0.1) is 17.2 Å². The number of hydrogen-bond donors (Lipinski definition) is 2. The van der Waals surface area contributed by atoms with Gasteiger partial charge in [0.05, 0.1) is 32.3 Å². The Labute approximate surface area is 197 Å². The summed E-state index contributed by atoms with van der Waals surface area (Å²) in [6.45, 7) is 6.83. The predicted octanol–water partition coefficient (Wildman–Crippen LogP) is 7.10. The second-order valence-corrected chi connectivity index (χ2v) is 10.4. The Hall–Kier alpha value is -2.31. The van der Waals surface area contributed by atoms with Gasteiger partial charge in [0, 0.05) is 12.1 Å². The Kier molecular flexibility index (Phi) is 6.12. The van der Waals surface area contributed by atoms with Crippen LogP contribution in [0.2, 0.25) is 10.0 Å². The number of para-hydroxylation sites is 1. The van der Waals surface area contributed by atoms with Crippen LogP contribution in [0.25, 0.3) is 11.0 Å². The molecule has 8 heteroatoms. The van der Waals surface area contributed by atoms with Crippen LogP contribution in [0.4, 0.5) is 16.0 Å². The molecule has 1 saturated carbocycles. The maximum Gasteiger partial charge on any atom is 0.251 e. The molecule has 0 unspecified atom stereocenters. The SMILES string of the molecule is CC(C)(C)C1CCC(n2c(Nc3c(Cl)cccc3Cl)nc3cc(C(N)=O)c(F)cc32)CC1. The highest BCUT2D eigenvalue weighted by atomic mass is 35.5. The van der Waals surface area contributed by atoms with Crippen molar-refractivity contribution in [3.63, 3.8) is 0 Å². The van der Waals surface area contributed by atoms with E-state index in [1.54, 1.807) is 18.2 Å². The average molecular weight is 477 g/mol. The van der Waals surface area contributed by atoms with Gasteiger partial charge in [0.1, 0.15) is 5.82 Å². The third kappa shape index (κ3) is 4.30. The summed E-state index contributed by atoms with van der Waals surface area (Å²) in [5.74, 6) is -0.346. The Morgan fingerprint density at radius 1 is 1.16 bits per heavy atom. The van der Waals surface area contributed by atoms with Gasteiger partial charge in [-0.1, -0.05) is 50.0 Å². The molecular weight excluding hydrogens is 450 g/mol. The maximum absolute atomic E-state index is 14.7. The van der Waals surface area contributed by atoms with E-state index >= 15 is 0 Å². The lowest BCUT2D eigenvalue weighted by Gasteiger charge is -2.37. The number of amides is 1. The number of nitrogens with two attached hydrogens (primary N) is 1. The van der Waals surface area contributed by atoms with Gasteiger partial charge in [0.25, 0.3) is 5.91 Å². The van der Waals surface area contributed by atoms with E-state index in [0.717, 1.165) is 25.7 Å². The van der Waals surface area contributed by atoms with Crippen molar-refractivity contribution in [3.05, 3.63) is 51.8 Å². The summed E-state index contributed by atoms with van der Waals surface area (Å²) in [7, 11) is 0. The number of nitrogens with zero attached hydrogens (tertiary/aromatic N) is 2. The quantitative estimate of drug-likeness (QED) is 0.421. The van der Waals surface area contributed by atoms with Gasteiger partial charge in [-0.25, -0.2) is 9.37 Å². The van der Waals surface area contributed by atoms with Crippen molar-refractivity contribution in [3.8, 4) is 0 Å². The van der Waals surface area contributed by atoms with Crippen LogP contribution in [0.5, 0.6) is 0 Å². The number of imidazole rings is 1. The number of hydrogen-bond acceptors (Lipinski definition) is 3. The molecule has 2 aromatic carbocycles. The summed E-state index contributed by atoms with van der Waals surface area (Å²) in [5.41, 5.74) is 7.05. The zero-order valence-corrected chi connectivity index (χ0v) is 19.9. The summed E-state index contributed by atoms with van der Waals surface area (Å²) < 4.78 is 16.7. The Morgan fingerprint density at radius 3 is 2.34 bits per heavy atom. The van der Waals surface area contributed by atoms with Gasteiger partial charge in [-0.05, 0) is 55.2 Å². The second-order valence-electron chi connectivity index (χ2n) is 9.58. The third-order valence-electron chi connectivity index (χ3n) is 6.53. The number of nitrogens with one attached hydrogen (secondary N) is 1. The van der Waals surface area contributed by atoms with Crippen LogP contribution in [0.1, 0.15) is 62.9 Å². The van der Waals surface area contributed by atoms with Gasteiger partial charge >= 0.3 is 0 Å². The molecule has 4 rings (SSSR count). The Morgan fingerprint density at radius 2 is 1.78 bits per heavy atom. The molecule has 0 spiro atoms. The van der Waals surface area contributed by atoms with Gasteiger partial charge in [-0.2, -0.15) is 0 Å². The molecule has 32 heavy (non-hydrogen) atoms. The first kappa shape index (κ1) is 22.9. The van der Waals surface area contributed by atoms with E-state index in [-0.39, 0.29) is 17.0 Å². The van der Waals surface area contributed by atoms with Crippen LogP contribution in [-0.2, 0) is 0 Å². The van der Waals surface area contributed by atoms with Gasteiger partial charge in [-0.3, -0.25) is 4.79 Å². The van der Waals surface area contributed by atoms with Crippen LogP contribution < -0.4 is 11.1 Å². The Balaban J connectivity index is 1.81. The van der Waals surface area contributed by atoms with Crippen molar-refractivity contribution in [2.45, 2.75) is 52.5 Å². The van der Waals surface area contributed by atoms with E-state index in [1.165, 1.54) is 12.1 Å². The van der Waals surface area contributed by atoms with Gasteiger partial charge in [-0.15, -0.1) is 0 Å². The number of carbonyl (C=O) groups excluding carboxylic acids is 1. The number of halogens is 3. The molecule has 1 fully saturated rings. The highest BCUT2D eigenvalue weighted by Crippen LogP contribution is 2.44. The number of fused-ring (bicyclic) bond motifs is 1. The molecule has 1 amide bonds. The third-order valence-corrected chi connectivity index (χ3v) is 7.16. The largest absolute Gasteiger partial charge is 0.366 e. The molecular formula is C24H27Cl2FN4O. The summed E-state index contributed by atoms with van der Waals surface area (Å²) in [5, 5.41) is 4.17. The first-order chi connectivity index (χ1) is 15.1. The van der Waals surface area contributed by atoms with Gasteiger partial charge in [0.2, 0.25) is 5.95 Å². The van der Waals surface area contributed by atoms with E-state index in [9.17, 15) is 9.18 Å². The summed E-state index contributed by atoms with van der Waals surface area (Å²) in [6.07, 6.45) is 4.03. The molecule has 0 atom stereocenters. The van der Waals surface area contributed by atoms with Crippen molar-refractivity contribution in [1.29, 1.82) is 0 Å². The fraction of sp³-hybridized carbons (Fsp3) is 0.417. The number of carbonyl (C=O) groups is 1. The van der Waals surface area contributed by atoms with Crippen molar-refractivity contribution < 1.29 is 9.18 Å². The zero-order valence-electron chi connectivity index (χ0n) is 18.4. The minimum atomic E-state index is -0.826. The minimum absolute atomic E-state index is 0.126. The van der Waals surface area contributed by atoms with Gasteiger partial charge in [0.15, 0.2) is 0 Å². The van der Waals surface area contributed by atoms with E-state index in [1.807, 2.05) is 4.57 Å². The number of primary amides is 1. The molecule has 3 aromatic rings. The van der Waals surface area contributed by atoms with Crippen LogP contribution >= 0.6 is 23.2 Å². The molecule has 0 radical (unpaired) electrons. The minimum Gasteiger partial charge on any atom is -0.366 e. The molecule has 0 bridgehead atoms. The second kappa shape index (κ2) is 8.56. The Bertz CT molecular complexity index is 1160. The fourth-order valence-electron chi connectivity index (χ4n) is 4.69.